The first-order chi connectivity index (χ1) is 22.1. The van der Waals surface area contributed by atoms with Crippen molar-refractivity contribution in [2.45, 2.75) is 129 Å². The number of carbonyl (C=O) groups is 3. The van der Waals surface area contributed by atoms with Crippen LogP contribution in [0.5, 0.6) is 0 Å². The Morgan fingerprint density at radius 3 is 1.76 bits per heavy atom. The van der Waals surface area contributed by atoms with E-state index in [-0.39, 0.29) is 12.8 Å². The Hall–Kier alpha value is -2.56. The minimum atomic E-state index is -4.74. The van der Waals surface area contributed by atoms with Crippen molar-refractivity contribution in [2.24, 2.45) is 0 Å². The molecule has 3 atom stereocenters. The summed E-state index contributed by atoms with van der Waals surface area (Å²) >= 11 is 0. The van der Waals surface area contributed by atoms with E-state index < -0.39 is 57.6 Å². The van der Waals surface area contributed by atoms with Gasteiger partial charge in [0.05, 0.1) is 13.2 Å². The van der Waals surface area contributed by atoms with Crippen molar-refractivity contribution in [3.63, 3.8) is 0 Å². The van der Waals surface area contributed by atoms with Gasteiger partial charge >= 0.3 is 19.8 Å². The molecule has 46 heavy (non-hydrogen) atoms. The first-order valence-corrected chi connectivity index (χ1v) is 18.2. The number of hydrogen-bond acceptors (Lipinski definition) is 8. The molecule has 0 aliphatic rings. The van der Waals surface area contributed by atoms with Crippen LogP contribution < -0.4 is 5.32 Å². The highest BCUT2D eigenvalue weighted by Gasteiger charge is 2.28. The highest BCUT2D eigenvalue weighted by Crippen LogP contribution is 2.43. The van der Waals surface area contributed by atoms with E-state index in [1.807, 2.05) is 6.92 Å². The fraction of sp³-hybridized carbons (Fsp3) is 0.676. The Morgan fingerprint density at radius 2 is 1.20 bits per heavy atom. The number of nitrogens with one attached hydrogen (secondary N) is 1. The zero-order valence-corrected chi connectivity index (χ0v) is 28.7. The lowest BCUT2D eigenvalue weighted by Gasteiger charge is -2.18. The first-order valence-electron chi connectivity index (χ1n) is 16.7. The molecule has 0 aromatic carbocycles. The number of rotatable bonds is 30. The third kappa shape index (κ3) is 28.9. The molecule has 12 heteroatoms. The summed E-state index contributed by atoms with van der Waals surface area (Å²) in [6, 6.07) is -1.56. The van der Waals surface area contributed by atoms with Crippen molar-refractivity contribution in [3.05, 3.63) is 48.6 Å². The van der Waals surface area contributed by atoms with E-state index in [0.717, 1.165) is 51.4 Å². The van der Waals surface area contributed by atoms with Gasteiger partial charge in [0.15, 0.2) is 6.04 Å². The van der Waals surface area contributed by atoms with E-state index in [2.05, 4.69) is 65.4 Å². The van der Waals surface area contributed by atoms with Crippen LogP contribution in [-0.4, -0.2) is 64.9 Å². The third-order valence-corrected chi connectivity index (χ3v) is 7.57. The molecular weight excluding hydrogens is 613 g/mol. The van der Waals surface area contributed by atoms with Crippen LogP contribution in [0.2, 0.25) is 0 Å². The molecule has 0 rings (SSSR count). The normalized spacial score (nSPS) is 14.7. The number of unbranched alkanes of at least 4 members (excludes halogenated alkanes) is 8. The van der Waals surface area contributed by atoms with Gasteiger partial charge in [-0.25, -0.2) is 9.36 Å². The highest BCUT2D eigenvalue weighted by molar-refractivity contribution is 7.47. The predicted octanol–water partition coefficient (Wildman–Crippen LogP) is 7.10. The zero-order valence-electron chi connectivity index (χ0n) is 27.9. The molecule has 0 radical (unpaired) electrons. The largest absolute Gasteiger partial charge is 0.480 e. The van der Waals surface area contributed by atoms with Crippen molar-refractivity contribution >= 4 is 25.7 Å². The maximum atomic E-state index is 12.2. The Balaban J connectivity index is 4.06. The maximum absolute atomic E-state index is 12.2. The summed E-state index contributed by atoms with van der Waals surface area (Å²) < 4.78 is 26.3. The average molecular weight is 672 g/mol. The number of aliphatic hydroxyl groups excluding tert-OH is 1. The maximum Gasteiger partial charge on any atom is 0.472 e. The summed E-state index contributed by atoms with van der Waals surface area (Å²) in [7, 11) is -4.74. The fourth-order valence-corrected chi connectivity index (χ4v) is 4.71. The molecule has 0 spiro atoms. The van der Waals surface area contributed by atoms with Crippen LogP contribution in [-0.2, 0) is 32.7 Å². The lowest BCUT2D eigenvalue weighted by molar-refractivity contribution is -0.147. The summed E-state index contributed by atoms with van der Waals surface area (Å²) in [5.74, 6) is -2.45. The Labute approximate surface area is 275 Å². The highest BCUT2D eigenvalue weighted by atomic mass is 31.2. The number of aliphatic carboxylic acids is 1. The number of aliphatic hydroxyl groups is 1. The molecule has 0 aliphatic carbocycles. The lowest BCUT2D eigenvalue weighted by atomic mass is 10.1. The van der Waals surface area contributed by atoms with Gasteiger partial charge in [-0.05, 0) is 57.8 Å². The van der Waals surface area contributed by atoms with Crippen LogP contribution in [0.15, 0.2) is 48.6 Å². The summed E-state index contributed by atoms with van der Waals surface area (Å²) in [6.07, 6.45) is 29.6. The number of carbonyl (C=O) groups excluding carboxylic acids is 2. The molecular formula is C34H58NO10P. The van der Waals surface area contributed by atoms with E-state index in [1.165, 1.54) is 25.7 Å². The molecule has 0 saturated heterocycles. The number of hydrogen-bond donors (Lipinski definition) is 4. The van der Waals surface area contributed by atoms with Crippen molar-refractivity contribution in [1.29, 1.82) is 0 Å². The van der Waals surface area contributed by atoms with Crippen LogP contribution in [0.3, 0.4) is 0 Å². The molecule has 264 valence electrons. The molecule has 0 aromatic heterocycles. The second-order valence-electron chi connectivity index (χ2n) is 11.0. The van der Waals surface area contributed by atoms with Gasteiger partial charge in [-0.1, -0.05) is 94.6 Å². The van der Waals surface area contributed by atoms with E-state index in [9.17, 15) is 34.1 Å². The molecule has 0 bridgehead atoms. The number of ether oxygens (including phenoxy) is 1. The molecule has 0 heterocycles. The van der Waals surface area contributed by atoms with Crippen molar-refractivity contribution in [2.75, 3.05) is 19.8 Å². The quantitative estimate of drug-likeness (QED) is 0.0267. The Kier molecular flexibility index (Phi) is 28.2. The summed E-state index contributed by atoms with van der Waals surface area (Å²) in [5.41, 5.74) is 0. The van der Waals surface area contributed by atoms with Gasteiger partial charge in [0.1, 0.15) is 12.7 Å². The van der Waals surface area contributed by atoms with Crippen LogP contribution in [0, 0.1) is 0 Å². The smallest absolute Gasteiger partial charge is 0.472 e. The van der Waals surface area contributed by atoms with E-state index in [1.54, 1.807) is 0 Å². The minimum Gasteiger partial charge on any atom is -0.480 e. The van der Waals surface area contributed by atoms with Gasteiger partial charge < -0.3 is 25.2 Å². The molecule has 0 aliphatic heterocycles. The lowest BCUT2D eigenvalue weighted by Crippen LogP contribution is -2.43. The number of phosphoric acid groups is 1. The number of allylic oxidation sites excluding steroid dienone is 8. The Morgan fingerprint density at radius 1 is 0.696 bits per heavy atom. The number of phosphoric ester groups is 1. The van der Waals surface area contributed by atoms with Crippen LogP contribution >= 0.6 is 7.82 Å². The predicted molar refractivity (Wildman–Crippen MR) is 180 cm³/mol. The SMILES string of the molecule is CCCCC/C=C\C/C=C\C/C=C\C/C=C\CCCCCC(=O)NC(COP(=O)(O)OCC(O)COC(=O)CCCCC)C(=O)O. The first kappa shape index (κ1) is 43.4. The molecule has 0 aromatic rings. The van der Waals surface area contributed by atoms with Crippen LogP contribution in [0.1, 0.15) is 117 Å². The number of esters is 1. The van der Waals surface area contributed by atoms with E-state index in [0.29, 0.717) is 12.8 Å². The van der Waals surface area contributed by atoms with Crippen LogP contribution in [0.25, 0.3) is 0 Å². The van der Waals surface area contributed by atoms with E-state index in [4.69, 9.17) is 9.26 Å². The molecule has 3 unspecified atom stereocenters. The monoisotopic (exact) mass is 671 g/mol. The standard InChI is InChI=1S/C34H58NO10P/c1-3-5-7-8-9-10-11-12-13-14-15-16-17-18-19-20-21-22-24-25-32(37)35-31(34(39)40)29-45-46(41,42)44-28-30(36)27-43-33(38)26-23-6-4-2/h9-10,12-13,15-16,18-19,30-31,36H,3-8,11,14,17,20-29H2,1-2H3,(H,35,37)(H,39,40)(H,41,42)/b10-9-,13-12-,16-15-,19-18-. The van der Waals surface area contributed by atoms with Gasteiger partial charge in [-0.15, -0.1) is 0 Å². The summed E-state index contributed by atoms with van der Waals surface area (Å²) in [4.78, 5) is 45.1. The number of amides is 1. The topological polar surface area (TPSA) is 169 Å². The summed E-state index contributed by atoms with van der Waals surface area (Å²) in [6.45, 7) is 2.28. The molecule has 11 nitrogen and oxygen atoms in total. The molecule has 4 N–H and O–H groups in total. The van der Waals surface area contributed by atoms with Crippen LogP contribution in [0.4, 0.5) is 0 Å². The van der Waals surface area contributed by atoms with Gasteiger partial charge in [0.2, 0.25) is 5.91 Å². The van der Waals surface area contributed by atoms with Gasteiger partial charge in [-0.3, -0.25) is 18.6 Å². The van der Waals surface area contributed by atoms with Crippen molar-refractivity contribution in [1.82, 2.24) is 5.32 Å². The second-order valence-corrected chi connectivity index (χ2v) is 12.5. The Bertz CT molecular complexity index is 979. The van der Waals surface area contributed by atoms with E-state index >= 15 is 0 Å². The number of carboxylic acids is 1. The second kappa shape index (κ2) is 29.8. The summed E-state index contributed by atoms with van der Waals surface area (Å²) in [5, 5.41) is 21.5. The zero-order chi connectivity index (χ0) is 34.3. The van der Waals surface area contributed by atoms with Gasteiger partial charge in [0.25, 0.3) is 0 Å². The third-order valence-electron chi connectivity index (χ3n) is 6.62. The van der Waals surface area contributed by atoms with Gasteiger partial charge in [0, 0.05) is 12.8 Å². The van der Waals surface area contributed by atoms with Crippen molar-refractivity contribution < 1.29 is 47.8 Å². The average Bonchev–Trinajstić information content (AvgIpc) is 3.02. The van der Waals surface area contributed by atoms with Crippen molar-refractivity contribution in [3.8, 4) is 0 Å². The molecule has 0 saturated carbocycles. The molecule has 1 amide bonds. The fourth-order valence-electron chi connectivity index (χ4n) is 3.94. The number of carboxylic acid groups (broad SMARTS) is 1. The van der Waals surface area contributed by atoms with Gasteiger partial charge in [-0.2, -0.15) is 0 Å². The molecule has 0 fully saturated rings. The minimum absolute atomic E-state index is 0.106.